The fourth-order valence-corrected chi connectivity index (χ4v) is 2.37. The molecular weight excluding hydrogens is 310 g/mol. The summed E-state index contributed by atoms with van der Waals surface area (Å²) >= 11 is 0. The van der Waals surface area contributed by atoms with Gasteiger partial charge in [-0.1, -0.05) is 0 Å². The molecule has 11 heteroatoms. The molecule has 1 amide bonds. The Balaban J connectivity index is 1.84. The van der Waals surface area contributed by atoms with Crippen LogP contribution in [0.25, 0.3) is 11.2 Å². The molecule has 0 unspecified atom stereocenters. The molecule has 0 radical (unpaired) electrons. The minimum absolute atomic E-state index is 0.0955. The summed E-state index contributed by atoms with van der Waals surface area (Å²) in [7, 11) is 1.39. The van der Waals surface area contributed by atoms with Gasteiger partial charge in [-0.05, 0) is 0 Å². The van der Waals surface area contributed by atoms with Crippen LogP contribution in [0, 0.1) is 0 Å². The molecule has 1 aliphatic rings. The number of aliphatic hydroxyl groups excluding tert-OH is 2. The standard InChI is InChI=1S/C12H15N5O6/c1-16(5-18)22-2-6-8(19)9(20)12(23-6)17-4-15-7-10(17)13-3-14-11(7)21/h3-6,8-9,12,19-20H,2H2,1H3,(H,13,14,21)/t6-,8-,9-,12-/m1/s1. The van der Waals surface area contributed by atoms with Gasteiger partial charge in [0, 0.05) is 7.05 Å². The number of hydrogen-bond acceptors (Lipinski definition) is 8. The first kappa shape index (κ1) is 15.6. The van der Waals surface area contributed by atoms with E-state index in [1.54, 1.807) is 0 Å². The van der Waals surface area contributed by atoms with E-state index in [0.29, 0.717) is 6.41 Å². The van der Waals surface area contributed by atoms with Crippen LogP contribution in [0.15, 0.2) is 17.4 Å². The van der Waals surface area contributed by atoms with Crippen molar-refractivity contribution in [1.29, 1.82) is 0 Å². The lowest BCUT2D eigenvalue weighted by Gasteiger charge is -2.17. The minimum Gasteiger partial charge on any atom is -0.387 e. The summed E-state index contributed by atoms with van der Waals surface area (Å²) in [4.78, 5) is 37.5. The van der Waals surface area contributed by atoms with E-state index >= 15 is 0 Å². The second-order valence-electron chi connectivity index (χ2n) is 5.05. The number of hydrogen-bond donors (Lipinski definition) is 3. The number of aliphatic hydroxyl groups is 2. The quantitative estimate of drug-likeness (QED) is 0.413. The molecule has 0 aliphatic carbocycles. The van der Waals surface area contributed by atoms with Gasteiger partial charge in [0.25, 0.3) is 5.56 Å². The van der Waals surface area contributed by atoms with Gasteiger partial charge in [-0.25, -0.2) is 15.0 Å². The molecule has 1 aliphatic heterocycles. The number of aromatic amines is 1. The maximum atomic E-state index is 11.6. The molecule has 0 bridgehead atoms. The van der Waals surface area contributed by atoms with Crippen molar-refractivity contribution >= 4 is 17.6 Å². The number of carbonyl (C=O) groups excluding carboxylic acids is 1. The lowest BCUT2D eigenvalue weighted by molar-refractivity contribution is -0.181. The number of rotatable bonds is 5. The second kappa shape index (κ2) is 6.04. The van der Waals surface area contributed by atoms with Crippen molar-refractivity contribution < 1.29 is 24.6 Å². The molecule has 11 nitrogen and oxygen atoms in total. The zero-order chi connectivity index (χ0) is 16.6. The van der Waals surface area contributed by atoms with E-state index in [4.69, 9.17) is 9.57 Å². The van der Waals surface area contributed by atoms with Crippen LogP contribution in [-0.2, 0) is 14.4 Å². The van der Waals surface area contributed by atoms with Crippen LogP contribution in [0.5, 0.6) is 0 Å². The largest absolute Gasteiger partial charge is 0.387 e. The molecule has 4 atom stereocenters. The van der Waals surface area contributed by atoms with E-state index < -0.39 is 30.1 Å². The van der Waals surface area contributed by atoms with Gasteiger partial charge in [0.1, 0.15) is 24.9 Å². The predicted octanol–water partition coefficient (Wildman–Crippen LogP) is -2.24. The summed E-state index contributed by atoms with van der Waals surface area (Å²) in [5.41, 5.74) is -0.107. The Kier molecular flexibility index (Phi) is 4.09. The molecule has 1 fully saturated rings. The van der Waals surface area contributed by atoms with E-state index in [2.05, 4.69) is 15.0 Å². The van der Waals surface area contributed by atoms with Crippen molar-refractivity contribution in [2.45, 2.75) is 24.5 Å². The Hall–Kier alpha value is -2.34. The molecule has 3 heterocycles. The monoisotopic (exact) mass is 325 g/mol. The van der Waals surface area contributed by atoms with E-state index in [1.165, 1.54) is 24.3 Å². The van der Waals surface area contributed by atoms with Gasteiger partial charge in [-0.2, -0.15) is 0 Å². The number of hydroxylamine groups is 2. The van der Waals surface area contributed by atoms with Gasteiger partial charge in [0.05, 0.1) is 12.7 Å². The molecule has 0 saturated carbocycles. The van der Waals surface area contributed by atoms with Gasteiger partial charge >= 0.3 is 0 Å². The molecule has 3 N–H and O–H groups in total. The highest BCUT2D eigenvalue weighted by Crippen LogP contribution is 2.31. The summed E-state index contributed by atoms with van der Waals surface area (Å²) in [6.45, 7) is -0.134. The Morgan fingerprint density at radius 2 is 2.26 bits per heavy atom. The summed E-state index contributed by atoms with van der Waals surface area (Å²) in [5, 5.41) is 21.2. The second-order valence-corrected chi connectivity index (χ2v) is 5.05. The lowest BCUT2D eigenvalue weighted by atomic mass is 10.1. The molecule has 1 saturated heterocycles. The van der Waals surface area contributed by atoms with Crippen LogP contribution < -0.4 is 5.56 Å². The minimum atomic E-state index is -1.27. The zero-order valence-electron chi connectivity index (χ0n) is 12.1. The van der Waals surface area contributed by atoms with E-state index in [-0.39, 0.29) is 17.8 Å². The predicted molar refractivity (Wildman–Crippen MR) is 73.9 cm³/mol. The van der Waals surface area contributed by atoms with Gasteiger partial charge in [-0.15, -0.1) is 0 Å². The van der Waals surface area contributed by atoms with E-state index in [9.17, 15) is 19.8 Å². The van der Waals surface area contributed by atoms with Crippen molar-refractivity contribution in [3.8, 4) is 0 Å². The first-order valence-electron chi connectivity index (χ1n) is 6.75. The van der Waals surface area contributed by atoms with Crippen LogP contribution in [0.1, 0.15) is 6.23 Å². The third kappa shape index (κ3) is 2.70. The summed E-state index contributed by atoms with van der Waals surface area (Å²) in [6.07, 6.45) is -1.40. The summed E-state index contributed by atoms with van der Waals surface area (Å²) in [5.74, 6) is 0. The van der Waals surface area contributed by atoms with Crippen molar-refractivity contribution in [3.05, 3.63) is 23.0 Å². The third-order valence-corrected chi connectivity index (χ3v) is 3.57. The molecule has 0 spiro atoms. The number of imidazole rings is 1. The van der Waals surface area contributed by atoms with Crippen molar-refractivity contribution in [1.82, 2.24) is 24.6 Å². The van der Waals surface area contributed by atoms with Crippen LogP contribution in [0.2, 0.25) is 0 Å². The molecule has 2 aromatic rings. The van der Waals surface area contributed by atoms with Gasteiger partial charge in [-0.3, -0.25) is 19.0 Å². The number of nitrogens with zero attached hydrogens (tertiary/aromatic N) is 4. The lowest BCUT2D eigenvalue weighted by Crippen LogP contribution is -2.35. The van der Waals surface area contributed by atoms with Crippen molar-refractivity contribution in [2.75, 3.05) is 13.7 Å². The number of carbonyl (C=O) groups is 1. The fourth-order valence-electron chi connectivity index (χ4n) is 2.37. The zero-order valence-corrected chi connectivity index (χ0v) is 12.1. The number of H-pyrrole nitrogens is 1. The van der Waals surface area contributed by atoms with E-state index in [1.807, 2.05) is 0 Å². The number of fused-ring (bicyclic) bond motifs is 1. The Bertz CT molecular complexity index is 760. The summed E-state index contributed by atoms with van der Waals surface area (Å²) in [6, 6.07) is 0. The van der Waals surface area contributed by atoms with Gasteiger partial charge < -0.3 is 19.9 Å². The average molecular weight is 325 g/mol. The maximum absolute atomic E-state index is 11.6. The van der Waals surface area contributed by atoms with Crippen molar-refractivity contribution in [3.63, 3.8) is 0 Å². The summed E-state index contributed by atoms with van der Waals surface area (Å²) < 4.78 is 6.94. The molecule has 3 rings (SSSR count). The molecule has 124 valence electrons. The highest BCUT2D eigenvalue weighted by atomic mass is 16.7. The van der Waals surface area contributed by atoms with Crippen LogP contribution in [0.3, 0.4) is 0 Å². The molecular formula is C12H15N5O6. The Morgan fingerprint density at radius 1 is 1.48 bits per heavy atom. The van der Waals surface area contributed by atoms with Crippen LogP contribution >= 0.6 is 0 Å². The highest BCUT2D eigenvalue weighted by Gasteiger charge is 2.44. The number of aromatic nitrogens is 4. The number of nitrogens with one attached hydrogen (secondary N) is 1. The third-order valence-electron chi connectivity index (χ3n) is 3.57. The SMILES string of the molecule is CN(C=O)OC[C@H]1O[C@@H](n2cnc3c(=O)[nH]cnc32)[C@H](O)[C@@H]1O. The topological polar surface area (TPSA) is 143 Å². The van der Waals surface area contributed by atoms with Crippen LogP contribution in [-0.4, -0.2) is 73.2 Å². The van der Waals surface area contributed by atoms with Gasteiger partial charge in [0.2, 0.25) is 6.41 Å². The molecule has 0 aromatic carbocycles. The fraction of sp³-hybridized carbons (Fsp3) is 0.500. The smallest absolute Gasteiger partial charge is 0.278 e. The highest BCUT2D eigenvalue weighted by molar-refractivity contribution is 5.68. The van der Waals surface area contributed by atoms with E-state index in [0.717, 1.165) is 5.06 Å². The Morgan fingerprint density at radius 3 is 3.00 bits per heavy atom. The first-order chi connectivity index (χ1) is 11.0. The number of amides is 1. The van der Waals surface area contributed by atoms with Gasteiger partial charge in [0.15, 0.2) is 17.4 Å². The normalized spacial score (nSPS) is 27.4. The molecule has 2 aromatic heterocycles. The molecule has 23 heavy (non-hydrogen) atoms. The first-order valence-corrected chi connectivity index (χ1v) is 6.75. The Labute approximate surface area is 129 Å². The average Bonchev–Trinajstić information content (AvgIpc) is 3.09. The maximum Gasteiger partial charge on any atom is 0.278 e. The van der Waals surface area contributed by atoms with Crippen LogP contribution in [0.4, 0.5) is 0 Å². The number of ether oxygens (including phenoxy) is 1. The van der Waals surface area contributed by atoms with Crippen molar-refractivity contribution in [2.24, 2.45) is 0 Å².